The summed E-state index contributed by atoms with van der Waals surface area (Å²) in [5, 5.41) is 15.7. The molecule has 0 bridgehead atoms. The Balaban J connectivity index is 1.45. The van der Waals surface area contributed by atoms with Crippen LogP contribution in [-0.4, -0.2) is 70.0 Å². The molecule has 0 unspecified atom stereocenters. The van der Waals surface area contributed by atoms with Crippen LogP contribution >= 0.6 is 11.8 Å². The second-order valence-electron chi connectivity index (χ2n) is 9.09. The number of nitrogens with one attached hydrogen (secondary N) is 2. The maximum absolute atomic E-state index is 13.5. The van der Waals surface area contributed by atoms with Gasteiger partial charge in [0.05, 0.1) is 17.1 Å². The molecular formula is C28H29FN8OS. The minimum Gasteiger partial charge on any atom is -0.367 e. The molecule has 5 rings (SSSR count). The molecule has 2 aromatic heterocycles. The molecule has 0 radical (unpaired) electrons. The van der Waals surface area contributed by atoms with Crippen LogP contribution in [0.15, 0.2) is 78.6 Å². The van der Waals surface area contributed by atoms with Gasteiger partial charge in [-0.25, -0.2) is 9.37 Å². The van der Waals surface area contributed by atoms with Crippen molar-refractivity contribution in [2.75, 3.05) is 55.0 Å². The standard InChI is InChI=1S/C28H29FN8OS/c1-4-26(38)32-23-17-21(9-10-24(23)36-15-13-35(2)14-16-36)31-25-18-22(11-12-30-25)37-27(33-34-28(37)39-3)19-5-7-20(29)8-6-19/h4-12,17-18H,1,13-16H2,2-3H3,(H,30,31)(H,32,38). The van der Waals surface area contributed by atoms with Crippen molar-refractivity contribution in [3.05, 3.63) is 79.3 Å². The summed E-state index contributed by atoms with van der Waals surface area (Å²) in [7, 11) is 2.11. The number of halogens is 1. The normalized spacial score (nSPS) is 13.8. The van der Waals surface area contributed by atoms with Crippen LogP contribution in [0, 0.1) is 5.82 Å². The van der Waals surface area contributed by atoms with Crippen LogP contribution in [0.3, 0.4) is 0 Å². The van der Waals surface area contributed by atoms with Gasteiger partial charge in [0.25, 0.3) is 0 Å². The number of anilines is 4. The predicted octanol–water partition coefficient (Wildman–Crippen LogP) is 4.81. The third-order valence-corrected chi connectivity index (χ3v) is 7.11. The third kappa shape index (κ3) is 5.94. The van der Waals surface area contributed by atoms with Crippen LogP contribution in [0.25, 0.3) is 17.1 Å². The van der Waals surface area contributed by atoms with Crippen LogP contribution in [0.2, 0.25) is 0 Å². The molecule has 0 spiro atoms. The first kappa shape index (κ1) is 26.4. The van der Waals surface area contributed by atoms with Crippen molar-refractivity contribution in [3.8, 4) is 17.1 Å². The van der Waals surface area contributed by atoms with Crippen molar-refractivity contribution in [3.63, 3.8) is 0 Å². The molecule has 3 heterocycles. The summed E-state index contributed by atoms with van der Waals surface area (Å²) in [4.78, 5) is 21.3. The highest BCUT2D eigenvalue weighted by Gasteiger charge is 2.19. The Labute approximate surface area is 230 Å². The molecular weight excluding hydrogens is 515 g/mol. The fourth-order valence-corrected chi connectivity index (χ4v) is 4.91. The number of hydrogen-bond donors (Lipinski definition) is 2. The lowest BCUT2D eigenvalue weighted by atomic mass is 10.2. The number of likely N-dealkylation sites (N-methyl/N-ethyl adjacent to an activating group) is 1. The van der Waals surface area contributed by atoms with Gasteiger partial charge in [-0.15, -0.1) is 10.2 Å². The average molecular weight is 545 g/mol. The van der Waals surface area contributed by atoms with Gasteiger partial charge >= 0.3 is 0 Å². The Morgan fingerprint density at radius 2 is 1.82 bits per heavy atom. The minimum atomic E-state index is -0.312. The lowest BCUT2D eigenvalue weighted by Gasteiger charge is -2.35. The fraction of sp³-hybridized carbons (Fsp3) is 0.214. The molecule has 39 heavy (non-hydrogen) atoms. The molecule has 11 heteroatoms. The van der Waals surface area contributed by atoms with E-state index in [1.807, 2.05) is 41.2 Å². The zero-order valence-electron chi connectivity index (χ0n) is 21.8. The summed E-state index contributed by atoms with van der Waals surface area (Å²) in [6.45, 7) is 7.24. The van der Waals surface area contributed by atoms with Crippen molar-refractivity contribution in [1.29, 1.82) is 0 Å². The summed E-state index contributed by atoms with van der Waals surface area (Å²) in [5.41, 5.74) is 3.98. The van der Waals surface area contributed by atoms with E-state index in [0.29, 0.717) is 22.5 Å². The van der Waals surface area contributed by atoms with Crippen LogP contribution in [0.4, 0.5) is 27.3 Å². The van der Waals surface area contributed by atoms with Crippen molar-refractivity contribution >= 4 is 40.5 Å². The Hall–Kier alpha value is -4.22. The molecule has 1 aliphatic rings. The SMILES string of the molecule is C=CC(=O)Nc1cc(Nc2cc(-n3c(SC)nnc3-c3ccc(F)cc3)ccn2)ccc1N1CCN(C)CC1. The van der Waals surface area contributed by atoms with Crippen molar-refractivity contribution in [2.24, 2.45) is 0 Å². The fourth-order valence-electron chi connectivity index (χ4n) is 4.42. The zero-order valence-corrected chi connectivity index (χ0v) is 22.6. The molecule has 0 saturated carbocycles. The van der Waals surface area contributed by atoms with Gasteiger partial charge in [0.15, 0.2) is 11.0 Å². The number of pyridine rings is 1. The van der Waals surface area contributed by atoms with Crippen molar-refractivity contribution in [2.45, 2.75) is 5.16 Å². The Morgan fingerprint density at radius 3 is 2.54 bits per heavy atom. The third-order valence-electron chi connectivity index (χ3n) is 6.48. The molecule has 1 saturated heterocycles. The van der Waals surface area contributed by atoms with Gasteiger partial charge in [0.1, 0.15) is 11.6 Å². The van der Waals surface area contributed by atoms with Crippen molar-refractivity contribution in [1.82, 2.24) is 24.6 Å². The number of benzene rings is 2. The summed E-state index contributed by atoms with van der Waals surface area (Å²) < 4.78 is 15.4. The van der Waals surface area contributed by atoms with Gasteiger partial charge < -0.3 is 20.4 Å². The molecule has 1 amide bonds. The van der Waals surface area contributed by atoms with E-state index in [2.05, 4.69) is 49.2 Å². The summed E-state index contributed by atoms with van der Waals surface area (Å²) in [6, 6.07) is 15.8. The number of carbonyl (C=O) groups excluding carboxylic acids is 1. The molecule has 0 atom stereocenters. The van der Waals surface area contributed by atoms with Crippen LogP contribution in [0.5, 0.6) is 0 Å². The maximum atomic E-state index is 13.5. The summed E-state index contributed by atoms with van der Waals surface area (Å²) >= 11 is 1.46. The van der Waals surface area contributed by atoms with E-state index in [4.69, 9.17) is 0 Å². The van der Waals surface area contributed by atoms with E-state index in [0.717, 1.165) is 48.8 Å². The molecule has 1 aliphatic heterocycles. The van der Waals surface area contributed by atoms with Crippen LogP contribution in [0.1, 0.15) is 0 Å². The van der Waals surface area contributed by atoms with Gasteiger partial charge in [-0.2, -0.15) is 0 Å². The van der Waals surface area contributed by atoms with Crippen LogP contribution in [-0.2, 0) is 4.79 Å². The number of aromatic nitrogens is 4. The van der Waals surface area contributed by atoms with E-state index in [-0.39, 0.29) is 11.7 Å². The monoisotopic (exact) mass is 544 g/mol. The lowest BCUT2D eigenvalue weighted by Crippen LogP contribution is -2.44. The number of hydrogen-bond acceptors (Lipinski definition) is 8. The van der Waals surface area contributed by atoms with E-state index >= 15 is 0 Å². The van der Waals surface area contributed by atoms with E-state index < -0.39 is 0 Å². The number of thioether (sulfide) groups is 1. The largest absolute Gasteiger partial charge is 0.367 e. The Bertz CT molecular complexity index is 1480. The quantitative estimate of drug-likeness (QED) is 0.241. The van der Waals surface area contributed by atoms with Gasteiger partial charge in [0.2, 0.25) is 5.91 Å². The molecule has 2 aromatic carbocycles. The Morgan fingerprint density at radius 1 is 1.05 bits per heavy atom. The zero-order chi connectivity index (χ0) is 27.4. The minimum absolute atomic E-state index is 0.270. The predicted molar refractivity (Wildman–Crippen MR) is 155 cm³/mol. The van der Waals surface area contributed by atoms with Crippen LogP contribution < -0.4 is 15.5 Å². The number of nitrogens with zero attached hydrogens (tertiary/aromatic N) is 6. The highest BCUT2D eigenvalue weighted by molar-refractivity contribution is 7.98. The molecule has 1 fully saturated rings. The molecule has 4 aromatic rings. The van der Waals surface area contributed by atoms with Gasteiger partial charge in [0, 0.05) is 49.7 Å². The maximum Gasteiger partial charge on any atom is 0.247 e. The Kier molecular flexibility index (Phi) is 7.89. The number of rotatable bonds is 8. The molecule has 2 N–H and O–H groups in total. The highest BCUT2D eigenvalue weighted by Crippen LogP contribution is 2.32. The summed E-state index contributed by atoms with van der Waals surface area (Å²) in [5.74, 6) is 0.620. The molecule has 200 valence electrons. The number of carbonyl (C=O) groups is 1. The van der Waals surface area contributed by atoms with E-state index in [1.165, 1.54) is 30.0 Å². The van der Waals surface area contributed by atoms with Crippen molar-refractivity contribution < 1.29 is 9.18 Å². The van der Waals surface area contributed by atoms with Gasteiger partial charge in [-0.3, -0.25) is 9.36 Å². The first-order valence-corrected chi connectivity index (χ1v) is 13.7. The molecule has 0 aliphatic carbocycles. The average Bonchev–Trinajstić information content (AvgIpc) is 3.39. The topological polar surface area (TPSA) is 91.2 Å². The van der Waals surface area contributed by atoms with E-state index in [9.17, 15) is 9.18 Å². The number of piperazine rings is 1. The van der Waals surface area contributed by atoms with E-state index in [1.54, 1.807) is 18.3 Å². The van der Waals surface area contributed by atoms with Gasteiger partial charge in [-0.1, -0.05) is 18.3 Å². The highest BCUT2D eigenvalue weighted by atomic mass is 32.2. The smallest absolute Gasteiger partial charge is 0.247 e. The summed E-state index contributed by atoms with van der Waals surface area (Å²) in [6.07, 6.45) is 4.89. The first-order valence-electron chi connectivity index (χ1n) is 12.4. The lowest BCUT2D eigenvalue weighted by molar-refractivity contribution is -0.111. The second kappa shape index (κ2) is 11.7. The first-order chi connectivity index (χ1) is 18.9. The number of amides is 1. The second-order valence-corrected chi connectivity index (χ2v) is 9.87. The molecule has 9 nitrogen and oxygen atoms in total. The van der Waals surface area contributed by atoms with Gasteiger partial charge in [-0.05, 0) is 67.9 Å².